The molecule has 0 amide bonds. The van der Waals surface area contributed by atoms with Gasteiger partial charge in [0, 0.05) is 0 Å². The van der Waals surface area contributed by atoms with Crippen molar-refractivity contribution in [3.63, 3.8) is 0 Å². The van der Waals surface area contributed by atoms with Crippen LogP contribution in [-0.4, -0.2) is 31.1 Å². The summed E-state index contributed by atoms with van der Waals surface area (Å²) in [4.78, 5) is 0. The van der Waals surface area contributed by atoms with Gasteiger partial charge in [0.2, 0.25) is 21.0 Å². The number of hydrogen-bond acceptors (Lipinski definition) is 4. The molecule has 0 fully saturated rings. The van der Waals surface area contributed by atoms with E-state index in [0.29, 0.717) is 31.1 Å². The van der Waals surface area contributed by atoms with Crippen LogP contribution in [0.5, 0.6) is 0 Å². The molecule has 2 nitrogen and oxygen atoms in total. The van der Waals surface area contributed by atoms with Crippen molar-refractivity contribution < 1.29 is 8.85 Å². The molecule has 10 heavy (non-hydrogen) atoms. The van der Waals surface area contributed by atoms with Crippen LogP contribution >= 0.6 is 24.4 Å². The Morgan fingerprint density at radius 1 is 1.00 bits per heavy atom. The summed E-state index contributed by atoms with van der Waals surface area (Å²) in [7, 11) is 1.23. The Kier molecular flexibility index (Phi) is 5.69. The lowest BCUT2D eigenvalue weighted by atomic mass is 10.5. The Labute approximate surface area is 76.7 Å². The summed E-state index contributed by atoms with van der Waals surface area (Å²) in [6.45, 7) is 0. The Morgan fingerprint density at radius 2 is 1.30 bits per heavy atom. The average Bonchev–Trinajstić information content (AvgIpc) is 1.99. The van der Waals surface area contributed by atoms with Crippen molar-refractivity contribution in [2.45, 2.75) is 0 Å². The molecule has 56 valence electrons. The molecule has 0 bridgehead atoms. The molecular formula is C4H8O2S2Si2. The van der Waals surface area contributed by atoms with Gasteiger partial charge < -0.3 is 8.85 Å². The molecule has 0 unspecified atom stereocenters. The van der Waals surface area contributed by atoms with Gasteiger partial charge in [-0.2, -0.15) is 0 Å². The van der Waals surface area contributed by atoms with E-state index in [2.05, 4.69) is 0 Å². The normalized spacial score (nSPS) is 10.0. The first-order valence-electron chi connectivity index (χ1n) is 2.54. The first-order valence-corrected chi connectivity index (χ1v) is 4.99. The van der Waals surface area contributed by atoms with Gasteiger partial charge in [0.1, 0.15) is 0 Å². The minimum absolute atomic E-state index is 0.465. The van der Waals surface area contributed by atoms with Crippen molar-refractivity contribution in [2.75, 3.05) is 0 Å². The van der Waals surface area contributed by atoms with Crippen LogP contribution < -0.4 is 0 Å². The third-order valence-corrected chi connectivity index (χ3v) is 2.83. The predicted octanol–water partition coefficient (Wildman–Crippen LogP) is -1.21. The third-order valence-electron chi connectivity index (χ3n) is 0.758. The molecule has 0 aliphatic rings. The van der Waals surface area contributed by atoms with Gasteiger partial charge in [0.25, 0.3) is 0 Å². The molecule has 0 N–H and O–H groups in total. The van der Waals surface area contributed by atoms with E-state index in [1.807, 2.05) is 0 Å². The van der Waals surface area contributed by atoms with E-state index in [-0.39, 0.29) is 0 Å². The molecular weight excluding hydrogens is 200 g/mol. The molecule has 0 aromatic heterocycles. The number of thiocarbonyl (C=S) groups is 2. The van der Waals surface area contributed by atoms with Crippen LogP contribution in [0.1, 0.15) is 0 Å². The zero-order valence-electron chi connectivity index (χ0n) is 5.79. The van der Waals surface area contributed by atoms with Crippen LogP contribution in [0.25, 0.3) is 0 Å². The van der Waals surface area contributed by atoms with Gasteiger partial charge in [-0.15, -0.1) is 0 Å². The quantitative estimate of drug-likeness (QED) is 0.322. The summed E-state index contributed by atoms with van der Waals surface area (Å²) < 4.78 is 9.65. The smallest absolute Gasteiger partial charge is 0.205 e. The predicted molar refractivity (Wildman–Crippen MR) is 56.4 cm³/mol. The van der Waals surface area contributed by atoms with Crippen molar-refractivity contribution in [2.24, 2.45) is 0 Å². The summed E-state index contributed by atoms with van der Waals surface area (Å²) in [5.41, 5.74) is 0. The van der Waals surface area contributed by atoms with Crippen molar-refractivity contribution in [3.8, 4) is 0 Å². The highest BCUT2D eigenvalue weighted by molar-refractivity contribution is 7.81. The molecule has 0 radical (unpaired) electrons. The number of hydrogen-bond donors (Lipinski definition) is 0. The Bertz CT molecular complexity index is 151. The molecule has 0 atom stereocenters. The summed E-state index contributed by atoms with van der Waals surface area (Å²) >= 11 is 9.49. The van der Waals surface area contributed by atoms with Crippen molar-refractivity contribution in [1.82, 2.24) is 0 Å². The van der Waals surface area contributed by atoms with Gasteiger partial charge in [-0.25, -0.2) is 0 Å². The Morgan fingerprint density at radius 3 is 1.50 bits per heavy atom. The third kappa shape index (κ3) is 4.80. The topological polar surface area (TPSA) is 18.5 Å². The van der Waals surface area contributed by atoms with E-state index in [1.54, 1.807) is 12.2 Å². The second kappa shape index (κ2) is 5.72. The van der Waals surface area contributed by atoms with E-state index in [4.69, 9.17) is 33.3 Å². The first kappa shape index (κ1) is 9.95. The summed E-state index contributed by atoms with van der Waals surface area (Å²) in [5, 5.41) is 0.931. The lowest BCUT2D eigenvalue weighted by Gasteiger charge is -1.95. The van der Waals surface area contributed by atoms with Gasteiger partial charge in [0.05, 0.1) is 0 Å². The second-order valence-electron chi connectivity index (χ2n) is 1.38. The fourth-order valence-electron chi connectivity index (χ4n) is 0.272. The Hall–Kier alpha value is -0.0462. The maximum atomic E-state index is 4.82. The molecule has 0 aromatic rings. The summed E-state index contributed by atoms with van der Waals surface area (Å²) in [6.07, 6.45) is 3.26. The van der Waals surface area contributed by atoms with Crippen LogP contribution in [0, 0.1) is 0 Å². The van der Waals surface area contributed by atoms with E-state index in [1.165, 1.54) is 0 Å². The lowest BCUT2D eigenvalue weighted by molar-refractivity contribution is 0.630. The monoisotopic (exact) mass is 208 g/mol. The van der Waals surface area contributed by atoms with Crippen LogP contribution in [0.4, 0.5) is 0 Å². The minimum Gasteiger partial charge on any atom is -0.546 e. The fourth-order valence-corrected chi connectivity index (χ4v) is 0.680. The minimum atomic E-state index is 0.465. The first-order chi connectivity index (χ1) is 4.70. The maximum Gasteiger partial charge on any atom is 0.205 e. The van der Waals surface area contributed by atoms with Crippen LogP contribution in [0.3, 0.4) is 0 Å². The summed E-state index contributed by atoms with van der Waals surface area (Å²) in [5.74, 6) is 0. The lowest BCUT2D eigenvalue weighted by Crippen LogP contribution is -1.97. The van der Waals surface area contributed by atoms with Gasteiger partial charge in [0.15, 0.2) is 10.1 Å². The molecule has 0 rings (SSSR count). The van der Waals surface area contributed by atoms with Crippen LogP contribution in [-0.2, 0) is 8.85 Å². The zero-order chi connectivity index (χ0) is 7.98. The molecule has 0 heterocycles. The van der Waals surface area contributed by atoms with Crippen molar-refractivity contribution in [3.05, 3.63) is 12.2 Å². The van der Waals surface area contributed by atoms with Crippen molar-refractivity contribution >= 4 is 55.5 Å². The van der Waals surface area contributed by atoms with Crippen molar-refractivity contribution in [1.29, 1.82) is 0 Å². The highest BCUT2D eigenvalue weighted by Gasteiger charge is 1.86. The van der Waals surface area contributed by atoms with Gasteiger partial charge in [-0.05, 0) is 36.6 Å². The Balaban J connectivity index is 3.75. The highest BCUT2D eigenvalue weighted by atomic mass is 32.1. The fraction of sp³-hybridized carbons (Fsp3) is 0. The van der Waals surface area contributed by atoms with E-state index >= 15 is 0 Å². The zero-order valence-corrected chi connectivity index (χ0v) is 11.4. The van der Waals surface area contributed by atoms with E-state index in [9.17, 15) is 0 Å². The average molecular weight is 208 g/mol. The maximum absolute atomic E-state index is 4.82. The molecule has 0 aliphatic carbocycles. The van der Waals surface area contributed by atoms with Gasteiger partial charge >= 0.3 is 0 Å². The highest BCUT2D eigenvalue weighted by Crippen LogP contribution is 1.85. The molecule has 0 aromatic carbocycles. The summed E-state index contributed by atoms with van der Waals surface area (Å²) in [6, 6.07) is 0. The largest absolute Gasteiger partial charge is 0.546 e. The molecule has 0 saturated carbocycles. The number of rotatable bonds is 2. The van der Waals surface area contributed by atoms with E-state index < -0.39 is 0 Å². The van der Waals surface area contributed by atoms with E-state index in [0.717, 1.165) is 0 Å². The second-order valence-corrected chi connectivity index (χ2v) is 3.00. The molecule has 6 heteroatoms. The van der Waals surface area contributed by atoms with Gasteiger partial charge in [-0.3, -0.25) is 0 Å². The molecule has 0 spiro atoms. The standard InChI is InChI=1S/C4H8O2S2Si2/c7-3(5-9)1-2-4(8)6-10/h1-2H,9-10H3. The van der Waals surface area contributed by atoms with Gasteiger partial charge in [-0.1, -0.05) is 0 Å². The SMILES string of the molecule is [SiH3]OC(=S)C=CC(=S)O[SiH3]. The van der Waals surface area contributed by atoms with Crippen LogP contribution in [0.15, 0.2) is 12.2 Å². The van der Waals surface area contributed by atoms with Crippen LogP contribution in [0.2, 0.25) is 0 Å². The molecule has 0 saturated heterocycles. The molecule has 0 aliphatic heterocycles.